The van der Waals surface area contributed by atoms with Crippen molar-refractivity contribution in [1.82, 2.24) is 14.5 Å². The predicted molar refractivity (Wildman–Crippen MR) is 138 cm³/mol. The minimum atomic E-state index is -0.655. The van der Waals surface area contributed by atoms with Gasteiger partial charge in [-0.1, -0.05) is 31.9 Å². The lowest BCUT2D eigenvalue weighted by Crippen LogP contribution is -2.51. The summed E-state index contributed by atoms with van der Waals surface area (Å²) in [6.07, 6.45) is -0.655. The van der Waals surface area contributed by atoms with Crippen molar-refractivity contribution >= 4 is 59.8 Å². The highest BCUT2D eigenvalue weighted by molar-refractivity contribution is 9.10. The predicted octanol–water partition coefficient (Wildman–Crippen LogP) is 5.13. The van der Waals surface area contributed by atoms with Crippen LogP contribution in [-0.4, -0.2) is 65.1 Å². The Balaban J connectivity index is 1.39. The number of nitrogens with zero attached hydrogens (tertiary/aromatic N) is 3. The maximum atomic E-state index is 11.9. The van der Waals surface area contributed by atoms with Crippen molar-refractivity contribution in [1.29, 1.82) is 0 Å². The Labute approximate surface area is 211 Å². The molecule has 1 fully saturated rings. The van der Waals surface area contributed by atoms with Crippen molar-refractivity contribution in [2.45, 2.75) is 39.0 Å². The molecule has 1 aliphatic heterocycles. The average Bonchev–Trinajstić information content (AvgIpc) is 3.00. The Morgan fingerprint density at radius 1 is 0.970 bits per heavy atom. The maximum absolute atomic E-state index is 11.9. The fourth-order valence-electron chi connectivity index (χ4n) is 4.25. The lowest BCUT2D eigenvalue weighted by atomic mass is 10.2. The van der Waals surface area contributed by atoms with Crippen molar-refractivity contribution in [3.05, 3.63) is 45.3 Å². The van der Waals surface area contributed by atoms with E-state index in [1.807, 2.05) is 20.8 Å². The molecule has 0 amide bonds. The van der Waals surface area contributed by atoms with E-state index in [9.17, 15) is 4.79 Å². The highest BCUT2D eigenvalue weighted by Gasteiger charge is 2.25. The normalized spacial score (nSPS) is 16.9. The Hall–Kier alpha value is -1.65. The number of ether oxygens (including phenoxy) is 1. The highest BCUT2D eigenvalue weighted by Crippen LogP contribution is 2.33. The largest absolute Gasteiger partial charge is 0.528 e. The van der Waals surface area contributed by atoms with E-state index >= 15 is 0 Å². The molecule has 0 bridgehead atoms. The standard InChI is InChI=1S/C24H30Br2N4O3/c1-24(2,3)32-23(31)33-29-10-8-28(9-11-29)14-18(27)15-30-21-6-4-16(25)12-19(21)20-13-17(26)5-7-22(20)30/h4-7,12-13,18H,8-11,14-15,27H2,1-3H3. The fourth-order valence-corrected chi connectivity index (χ4v) is 4.97. The molecule has 4 rings (SSSR count). The third-order valence-corrected chi connectivity index (χ3v) is 6.61. The van der Waals surface area contributed by atoms with E-state index in [4.69, 9.17) is 15.3 Å². The Bertz CT molecular complexity index is 1090. The zero-order valence-electron chi connectivity index (χ0n) is 19.2. The van der Waals surface area contributed by atoms with E-state index in [1.165, 1.54) is 21.8 Å². The number of hydroxylamine groups is 2. The van der Waals surface area contributed by atoms with Gasteiger partial charge in [0.1, 0.15) is 5.60 Å². The molecule has 0 aliphatic carbocycles. The molecular formula is C24H30Br2N4O3. The van der Waals surface area contributed by atoms with E-state index in [-0.39, 0.29) is 6.04 Å². The number of carbonyl (C=O) groups is 1. The van der Waals surface area contributed by atoms with Crippen molar-refractivity contribution in [3.63, 3.8) is 0 Å². The molecule has 9 heteroatoms. The maximum Gasteiger partial charge on any atom is 0.528 e. The van der Waals surface area contributed by atoms with Crippen LogP contribution in [0.2, 0.25) is 0 Å². The zero-order chi connectivity index (χ0) is 23.8. The first-order valence-electron chi connectivity index (χ1n) is 11.1. The third-order valence-electron chi connectivity index (χ3n) is 5.62. The summed E-state index contributed by atoms with van der Waals surface area (Å²) in [6, 6.07) is 12.7. The van der Waals surface area contributed by atoms with Gasteiger partial charge in [-0.05, 0) is 57.2 Å². The first-order chi connectivity index (χ1) is 15.6. The molecule has 0 radical (unpaired) electrons. The molecule has 2 heterocycles. The number of hydrogen-bond donors (Lipinski definition) is 1. The Morgan fingerprint density at radius 3 is 2.03 bits per heavy atom. The van der Waals surface area contributed by atoms with Gasteiger partial charge >= 0.3 is 6.16 Å². The molecule has 1 saturated heterocycles. The summed E-state index contributed by atoms with van der Waals surface area (Å²) in [5.74, 6) is 0. The Morgan fingerprint density at radius 2 is 1.52 bits per heavy atom. The number of carbonyl (C=O) groups excluding carboxylic acids is 1. The molecule has 2 aromatic carbocycles. The molecule has 1 unspecified atom stereocenters. The van der Waals surface area contributed by atoms with Crippen LogP contribution in [0.4, 0.5) is 4.79 Å². The molecule has 0 saturated carbocycles. The van der Waals surface area contributed by atoms with Crippen LogP contribution in [0.25, 0.3) is 21.8 Å². The van der Waals surface area contributed by atoms with E-state index in [2.05, 4.69) is 77.7 Å². The summed E-state index contributed by atoms with van der Waals surface area (Å²) >= 11 is 7.20. The number of nitrogens with two attached hydrogens (primary N) is 1. The van der Waals surface area contributed by atoms with Crippen LogP contribution in [0.5, 0.6) is 0 Å². The van der Waals surface area contributed by atoms with E-state index in [0.717, 1.165) is 35.1 Å². The van der Waals surface area contributed by atoms with Gasteiger partial charge < -0.3 is 19.9 Å². The quantitative estimate of drug-likeness (QED) is 0.421. The summed E-state index contributed by atoms with van der Waals surface area (Å²) in [5.41, 5.74) is 8.41. The van der Waals surface area contributed by atoms with Crippen molar-refractivity contribution in [3.8, 4) is 0 Å². The molecule has 0 spiro atoms. The molecule has 1 aliphatic rings. The number of hydrogen-bond acceptors (Lipinski definition) is 6. The van der Waals surface area contributed by atoms with Gasteiger partial charge in [0.2, 0.25) is 0 Å². The van der Waals surface area contributed by atoms with Crippen LogP contribution in [0.1, 0.15) is 20.8 Å². The molecule has 2 N–H and O–H groups in total. The minimum Gasteiger partial charge on any atom is -0.427 e. The number of piperazine rings is 1. The number of benzene rings is 2. The van der Waals surface area contributed by atoms with Crippen molar-refractivity contribution < 1.29 is 14.4 Å². The van der Waals surface area contributed by atoms with Gasteiger partial charge in [0.25, 0.3) is 0 Å². The van der Waals surface area contributed by atoms with Gasteiger partial charge in [-0.3, -0.25) is 4.90 Å². The number of fused-ring (bicyclic) bond motifs is 3. The molecule has 3 aromatic rings. The average molecular weight is 582 g/mol. The summed E-state index contributed by atoms with van der Waals surface area (Å²) in [4.78, 5) is 19.5. The van der Waals surface area contributed by atoms with Crippen LogP contribution in [0.15, 0.2) is 45.3 Å². The van der Waals surface area contributed by atoms with Crippen LogP contribution in [-0.2, 0) is 16.1 Å². The monoisotopic (exact) mass is 580 g/mol. The molecule has 33 heavy (non-hydrogen) atoms. The van der Waals surface area contributed by atoms with Crippen molar-refractivity contribution in [2.75, 3.05) is 32.7 Å². The first-order valence-corrected chi connectivity index (χ1v) is 12.7. The third kappa shape index (κ3) is 6.08. The van der Waals surface area contributed by atoms with E-state index in [1.54, 1.807) is 5.06 Å². The summed E-state index contributed by atoms with van der Waals surface area (Å²) in [7, 11) is 0. The smallest absolute Gasteiger partial charge is 0.427 e. The number of aromatic nitrogens is 1. The summed E-state index contributed by atoms with van der Waals surface area (Å²) < 4.78 is 9.67. The lowest BCUT2D eigenvalue weighted by Gasteiger charge is -2.34. The van der Waals surface area contributed by atoms with E-state index in [0.29, 0.717) is 13.1 Å². The van der Waals surface area contributed by atoms with Gasteiger partial charge in [0.15, 0.2) is 0 Å². The van der Waals surface area contributed by atoms with E-state index < -0.39 is 11.8 Å². The van der Waals surface area contributed by atoms with Gasteiger partial charge in [-0.25, -0.2) is 4.79 Å². The highest BCUT2D eigenvalue weighted by atomic mass is 79.9. The van der Waals surface area contributed by atoms with Gasteiger partial charge in [-0.2, -0.15) is 0 Å². The molecule has 1 atom stereocenters. The minimum absolute atomic E-state index is 0.0329. The number of halogens is 2. The van der Waals surface area contributed by atoms with Crippen LogP contribution in [0, 0.1) is 0 Å². The topological polar surface area (TPSA) is 73.0 Å². The van der Waals surface area contributed by atoms with Crippen molar-refractivity contribution in [2.24, 2.45) is 5.73 Å². The van der Waals surface area contributed by atoms with Gasteiger partial charge in [0.05, 0.1) is 0 Å². The first kappa shape index (κ1) is 24.5. The van der Waals surface area contributed by atoms with Gasteiger partial charge in [0, 0.05) is 76.1 Å². The summed E-state index contributed by atoms with van der Waals surface area (Å²) in [5, 5.41) is 4.08. The zero-order valence-corrected chi connectivity index (χ0v) is 22.4. The van der Waals surface area contributed by atoms with Crippen LogP contribution in [0.3, 0.4) is 0 Å². The lowest BCUT2D eigenvalue weighted by molar-refractivity contribution is -0.158. The van der Waals surface area contributed by atoms with Crippen LogP contribution >= 0.6 is 31.9 Å². The second kappa shape index (κ2) is 9.92. The molecule has 178 valence electrons. The SMILES string of the molecule is CC(C)(C)OC(=O)ON1CCN(CC(N)Cn2c3ccc(Br)cc3c3cc(Br)ccc32)CC1. The van der Waals surface area contributed by atoms with Crippen LogP contribution < -0.4 is 5.73 Å². The molecule has 7 nitrogen and oxygen atoms in total. The number of rotatable bonds is 5. The van der Waals surface area contributed by atoms with Gasteiger partial charge in [-0.15, -0.1) is 5.06 Å². The second-order valence-electron chi connectivity index (χ2n) is 9.48. The Kier molecular flexibility index (Phi) is 7.35. The fraction of sp³-hybridized carbons (Fsp3) is 0.458. The molecular weight excluding hydrogens is 552 g/mol. The second-order valence-corrected chi connectivity index (χ2v) is 11.3. The summed E-state index contributed by atoms with van der Waals surface area (Å²) in [6.45, 7) is 9.78. The molecule has 1 aromatic heterocycles.